The molecule has 0 aromatic heterocycles. The van der Waals surface area contributed by atoms with Crippen LogP contribution in [0, 0.1) is 5.92 Å². The van der Waals surface area contributed by atoms with Gasteiger partial charge in [-0.25, -0.2) is 4.79 Å². The zero-order valence-corrected chi connectivity index (χ0v) is 19.5. The SMILES string of the molecule is CCCCC(CC)C(=O)NCCN(C(=O)Nc1ccc(Cl)cc1)c1cccc(C(F)(F)F)c1. The summed E-state index contributed by atoms with van der Waals surface area (Å²) < 4.78 is 39.6. The molecule has 1 atom stereocenters. The molecule has 0 spiro atoms. The molecule has 9 heteroatoms. The molecule has 2 N–H and O–H groups in total. The standard InChI is InChI=1S/C24H29ClF3N3O2/c1-3-5-7-17(4-2)22(32)29-14-15-31(21-9-6-8-18(16-21)24(26,27)28)23(33)30-20-12-10-19(25)11-13-20/h6,8-13,16-17H,3-5,7,14-15H2,1-2H3,(H,29,32)(H,30,33). The van der Waals surface area contributed by atoms with Crippen LogP contribution in [-0.4, -0.2) is 25.0 Å². The Morgan fingerprint density at radius 1 is 1.09 bits per heavy atom. The molecule has 2 aromatic rings. The zero-order valence-electron chi connectivity index (χ0n) is 18.7. The molecule has 5 nitrogen and oxygen atoms in total. The smallest absolute Gasteiger partial charge is 0.354 e. The lowest BCUT2D eigenvalue weighted by Gasteiger charge is -2.25. The van der Waals surface area contributed by atoms with E-state index < -0.39 is 17.8 Å². The molecule has 0 bridgehead atoms. The number of anilines is 2. The summed E-state index contributed by atoms with van der Waals surface area (Å²) in [6.45, 7) is 4.09. The predicted molar refractivity (Wildman–Crippen MR) is 126 cm³/mol. The summed E-state index contributed by atoms with van der Waals surface area (Å²) in [4.78, 5) is 26.6. The van der Waals surface area contributed by atoms with Crippen LogP contribution in [0.25, 0.3) is 0 Å². The molecule has 0 aliphatic carbocycles. The molecule has 0 saturated carbocycles. The third-order valence-corrected chi connectivity index (χ3v) is 5.48. The van der Waals surface area contributed by atoms with E-state index in [1.54, 1.807) is 24.3 Å². The van der Waals surface area contributed by atoms with Gasteiger partial charge in [0.25, 0.3) is 0 Å². The van der Waals surface area contributed by atoms with Crippen molar-refractivity contribution >= 4 is 34.9 Å². The van der Waals surface area contributed by atoms with Crippen LogP contribution in [0.1, 0.15) is 45.1 Å². The van der Waals surface area contributed by atoms with Gasteiger partial charge >= 0.3 is 12.2 Å². The first-order valence-electron chi connectivity index (χ1n) is 10.9. The van der Waals surface area contributed by atoms with Gasteiger partial charge in [-0.05, 0) is 55.3 Å². The predicted octanol–water partition coefficient (Wildman–Crippen LogP) is 6.73. The number of nitrogens with zero attached hydrogens (tertiary/aromatic N) is 1. The van der Waals surface area contributed by atoms with E-state index in [0.717, 1.165) is 31.4 Å². The fourth-order valence-electron chi connectivity index (χ4n) is 3.33. The van der Waals surface area contributed by atoms with Gasteiger partial charge in [-0.1, -0.05) is 44.4 Å². The first-order valence-corrected chi connectivity index (χ1v) is 11.3. The van der Waals surface area contributed by atoms with Gasteiger partial charge in [-0.15, -0.1) is 0 Å². The minimum atomic E-state index is -4.55. The van der Waals surface area contributed by atoms with E-state index in [1.165, 1.54) is 17.0 Å². The Morgan fingerprint density at radius 2 is 1.79 bits per heavy atom. The Bertz CT molecular complexity index is 920. The highest BCUT2D eigenvalue weighted by atomic mass is 35.5. The van der Waals surface area contributed by atoms with Crippen LogP contribution >= 0.6 is 11.6 Å². The normalized spacial score (nSPS) is 12.2. The summed E-state index contributed by atoms with van der Waals surface area (Å²) >= 11 is 5.86. The van der Waals surface area contributed by atoms with Crippen LogP contribution in [0.2, 0.25) is 5.02 Å². The summed E-state index contributed by atoms with van der Waals surface area (Å²) in [5.74, 6) is -0.247. The number of carbonyl (C=O) groups excluding carboxylic acids is 2. The number of unbranched alkanes of at least 4 members (excludes halogenated alkanes) is 1. The molecule has 0 fully saturated rings. The Balaban J connectivity index is 2.17. The van der Waals surface area contributed by atoms with Crippen molar-refractivity contribution in [1.29, 1.82) is 0 Å². The monoisotopic (exact) mass is 483 g/mol. The molecule has 1 unspecified atom stereocenters. The molecule has 0 aliphatic rings. The maximum absolute atomic E-state index is 13.2. The van der Waals surface area contributed by atoms with Crippen molar-refractivity contribution < 1.29 is 22.8 Å². The van der Waals surface area contributed by atoms with Crippen LogP contribution in [0.4, 0.5) is 29.3 Å². The van der Waals surface area contributed by atoms with Crippen LogP contribution in [0.3, 0.4) is 0 Å². The van der Waals surface area contributed by atoms with Crippen LogP contribution < -0.4 is 15.5 Å². The molecule has 0 radical (unpaired) electrons. The van der Waals surface area contributed by atoms with Crippen molar-refractivity contribution in [2.45, 2.75) is 45.7 Å². The summed E-state index contributed by atoms with van der Waals surface area (Å²) in [5, 5.41) is 5.96. The highest BCUT2D eigenvalue weighted by Gasteiger charge is 2.31. The number of hydrogen-bond acceptors (Lipinski definition) is 2. The zero-order chi connectivity index (χ0) is 24.4. The molecule has 0 heterocycles. The van der Waals surface area contributed by atoms with Crippen LogP contribution in [0.5, 0.6) is 0 Å². The van der Waals surface area contributed by atoms with E-state index in [0.29, 0.717) is 17.1 Å². The first kappa shape index (κ1) is 26.5. The number of amides is 3. The fourth-order valence-corrected chi connectivity index (χ4v) is 3.45. The number of alkyl halides is 3. The number of carbonyl (C=O) groups is 2. The summed E-state index contributed by atoms with van der Waals surface area (Å²) in [5.41, 5.74) is -0.349. The Kier molecular flexibility index (Phi) is 10.0. The summed E-state index contributed by atoms with van der Waals surface area (Å²) in [6, 6.07) is 10.3. The number of halogens is 4. The molecule has 0 aliphatic heterocycles. The fraction of sp³-hybridized carbons (Fsp3) is 0.417. The number of nitrogens with one attached hydrogen (secondary N) is 2. The Morgan fingerprint density at radius 3 is 2.39 bits per heavy atom. The third-order valence-electron chi connectivity index (χ3n) is 5.23. The highest BCUT2D eigenvalue weighted by Crippen LogP contribution is 2.32. The second-order valence-electron chi connectivity index (χ2n) is 7.68. The van der Waals surface area contributed by atoms with Gasteiger partial charge in [-0.3, -0.25) is 9.69 Å². The molecule has 2 aromatic carbocycles. The maximum atomic E-state index is 13.2. The van der Waals surface area contributed by atoms with Gasteiger partial charge < -0.3 is 10.6 Å². The number of rotatable bonds is 10. The lowest BCUT2D eigenvalue weighted by Crippen LogP contribution is -2.42. The lowest BCUT2D eigenvalue weighted by molar-refractivity contribution is -0.137. The van der Waals surface area contributed by atoms with Gasteiger partial charge in [0.15, 0.2) is 0 Å². The molecule has 0 saturated heterocycles. The Hall–Kier alpha value is -2.74. The summed E-state index contributed by atoms with van der Waals surface area (Å²) in [6.07, 6.45) is -1.16. The minimum absolute atomic E-state index is 0.00329. The van der Waals surface area contributed by atoms with Crippen molar-refractivity contribution in [3.63, 3.8) is 0 Å². The average Bonchev–Trinajstić information content (AvgIpc) is 2.78. The van der Waals surface area contributed by atoms with E-state index in [1.807, 2.05) is 6.92 Å². The largest absolute Gasteiger partial charge is 0.416 e. The Labute approximate surface area is 197 Å². The molecule has 180 valence electrons. The van der Waals surface area contributed by atoms with E-state index >= 15 is 0 Å². The van der Waals surface area contributed by atoms with E-state index in [4.69, 9.17) is 11.6 Å². The minimum Gasteiger partial charge on any atom is -0.354 e. The van der Waals surface area contributed by atoms with Crippen LogP contribution in [0.15, 0.2) is 48.5 Å². The van der Waals surface area contributed by atoms with E-state index in [9.17, 15) is 22.8 Å². The third kappa shape index (κ3) is 8.28. The lowest BCUT2D eigenvalue weighted by atomic mass is 9.98. The van der Waals surface area contributed by atoms with Crippen molar-refractivity contribution in [1.82, 2.24) is 5.32 Å². The summed E-state index contributed by atoms with van der Waals surface area (Å²) in [7, 11) is 0. The van der Waals surface area contributed by atoms with E-state index in [-0.39, 0.29) is 30.6 Å². The molecular formula is C24H29ClF3N3O2. The number of hydrogen-bond donors (Lipinski definition) is 2. The van der Waals surface area contributed by atoms with E-state index in [2.05, 4.69) is 17.6 Å². The number of benzene rings is 2. The molecule has 3 amide bonds. The highest BCUT2D eigenvalue weighted by molar-refractivity contribution is 6.30. The second kappa shape index (κ2) is 12.5. The molecular weight excluding hydrogens is 455 g/mol. The van der Waals surface area contributed by atoms with Gasteiger partial charge in [0.1, 0.15) is 0 Å². The number of urea groups is 1. The van der Waals surface area contributed by atoms with Gasteiger partial charge in [0.05, 0.1) is 5.56 Å². The quantitative estimate of drug-likeness (QED) is 0.393. The maximum Gasteiger partial charge on any atom is 0.416 e. The van der Waals surface area contributed by atoms with Crippen LogP contribution in [-0.2, 0) is 11.0 Å². The van der Waals surface area contributed by atoms with Gasteiger partial charge in [-0.2, -0.15) is 13.2 Å². The van der Waals surface area contributed by atoms with Crippen molar-refractivity contribution in [3.05, 3.63) is 59.1 Å². The van der Waals surface area contributed by atoms with Crippen molar-refractivity contribution in [3.8, 4) is 0 Å². The first-order chi connectivity index (χ1) is 15.7. The van der Waals surface area contributed by atoms with Crippen molar-refractivity contribution in [2.24, 2.45) is 5.92 Å². The van der Waals surface area contributed by atoms with Crippen molar-refractivity contribution in [2.75, 3.05) is 23.3 Å². The van der Waals surface area contributed by atoms with Gasteiger partial charge in [0.2, 0.25) is 5.91 Å². The topological polar surface area (TPSA) is 61.4 Å². The molecule has 2 rings (SSSR count). The average molecular weight is 484 g/mol. The molecule has 33 heavy (non-hydrogen) atoms. The van der Waals surface area contributed by atoms with Gasteiger partial charge in [0, 0.05) is 35.4 Å². The second-order valence-corrected chi connectivity index (χ2v) is 8.11.